The topological polar surface area (TPSA) is 61.8 Å². The Bertz CT molecular complexity index is 819. The van der Waals surface area contributed by atoms with Crippen LogP contribution < -0.4 is 14.2 Å². The normalized spacial score (nSPS) is 10.3. The third-order valence-electron chi connectivity index (χ3n) is 4.20. The van der Waals surface area contributed by atoms with Crippen LogP contribution in [0.1, 0.15) is 39.5 Å². The predicted octanol–water partition coefficient (Wildman–Crippen LogP) is 3.79. The van der Waals surface area contributed by atoms with Gasteiger partial charge in [-0.2, -0.15) is 0 Å². The first-order chi connectivity index (χ1) is 11.8. The number of methoxy groups -OCH3 is 2. The van der Waals surface area contributed by atoms with Crippen LogP contribution >= 0.6 is 0 Å². The van der Waals surface area contributed by atoms with Crippen LogP contribution in [0, 0.1) is 20.8 Å². The van der Waals surface area contributed by atoms with E-state index in [1.165, 1.54) is 6.92 Å². The molecule has 0 aromatic heterocycles. The van der Waals surface area contributed by atoms with Crippen molar-refractivity contribution in [1.29, 1.82) is 0 Å². The van der Waals surface area contributed by atoms with Gasteiger partial charge in [-0.15, -0.1) is 0 Å². The van der Waals surface area contributed by atoms with Crippen molar-refractivity contribution in [2.24, 2.45) is 0 Å². The average Bonchev–Trinajstić information content (AvgIpc) is 2.58. The van der Waals surface area contributed by atoms with Crippen LogP contribution in [0.5, 0.6) is 17.2 Å². The highest BCUT2D eigenvalue weighted by molar-refractivity contribution is 6.12. The van der Waals surface area contributed by atoms with Crippen molar-refractivity contribution in [3.63, 3.8) is 0 Å². The lowest BCUT2D eigenvalue weighted by Gasteiger charge is -2.19. The summed E-state index contributed by atoms with van der Waals surface area (Å²) >= 11 is 0. The van der Waals surface area contributed by atoms with Crippen LogP contribution in [0.25, 0.3) is 0 Å². The van der Waals surface area contributed by atoms with E-state index in [9.17, 15) is 9.59 Å². The Kier molecular flexibility index (Phi) is 5.47. The molecule has 0 unspecified atom stereocenters. The molecule has 0 saturated carbocycles. The largest absolute Gasteiger partial charge is 0.496 e. The van der Waals surface area contributed by atoms with Gasteiger partial charge in [0.1, 0.15) is 17.2 Å². The minimum Gasteiger partial charge on any atom is -0.496 e. The van der Waals surface area contributed by atoms with E-state index in [1.54, 1.807) is 38.5 Å². The fraction of sp³-hybridized carbons (Fsp3) is 0.300. The van der Waals surface area contributed by atoms with Gasteiger partial charge in [0.15, 0.2) is 5.78 Å². The summed E-state index contributed by atoms with van der Waals surface area (Å²) in [5, 5.41) is 0. The third-order valence-corrected chi connectivity index (χ3v) is 4.20. The quantitative estimate of drug-likeness (QED) is 0.470. The molecule has 2 aromatic rings. The Morgan fingerprint density at radius 1 is 0.800 bits per heavy atom. The maximum atomic E-state index is 13.1. The number of rotatable bonds is 5. The molecule has 0 bridgehead atoms. The zero-order valence-electron chi connectivity index (χ0n) is 15.4. The van der Waals surface area contributed by atoms with Gasteiger partial charge in [0.05, 0.1) is 19.8 Å². The van der Waals surface area contributed by atoms with E-state index in [-0.39, 0.29) is 5.78 Å². The number of hydrogen-bond donors (Lipinski definition) is 0. The first-order valence-electron chi connectivity index (χ1n) is 7.86. The lowest BCUT2D eigenvalue weighted by molar-refractivity contribution is -0.131. The SMILES string of the molecule is COc1c(C)c(C)c(OC)c(C(=O)c2ccc(OC(C)=O)cc2)c1C. The summed E-state index contributed by atoms with van der Waals surface area (Å²) < 4.78 is 16.0. The first-order valence-corrected chi connectivity index (χ1v) is 7.86. The molecule has 0 N–H and O–H groups in total. The highest BCUT2D eigenvalue weighted by Gasteiger charge is 2.24. The van der Waals surface area contributed by atoms with Crippen LogP contribution in [-0.2, 0) is 4.79 Å². The molecule has 0 heterocycles. The molecule has 0 spiro atoms. The van der Waals surface area contributed by atoms with E-state index in [0.717, 1.165) is 16.7 Å². The Morgan fingerprint density at radius 3 is 1.80 bits per heavy atom. The molecule has 0 atom stereocenters. The molecular formula is C20H22O5. The molecule has 0 radical (unpaired) electrons. The molecular weight excluding hydrogens is 320 g/mol. The first kappa shape index (κ1) is 18.5. The molecule has 0 amide bonds. The van der Waals surface area contributed by atoms with Crippen molar-refractivity contribution in [3.05, 3.63) is 52.1 Å². The van der Waals surface area contributed by atoms with Gasteiger partial charge < -0.3 is 14.2 Å². The third kappa shape index (κ3) is 3.50. The fourth-order valence-electron chi connectivity index (χ4n) is 2.91. The smallest absolute Gasteiger partial charge is 0.308 e. The summed E-state index contributed by atoms with van der Waals surface area (Å²) in [7, 11) is 3.14. The van der Waals surface area contributed by atoms with Crippen LogP contribution in [0.15, 0.2) is 24.3 Å². The van der Waals surface area contributed by atoms with Gasteiger partial charge in [-0.1, -0.05) is 0 Å². The number of ketones is 1. The Morgan fingerprint density at radius 2 is 1.32 bits per heavy atom. The summed E-state index contributed by atoms with van der Waals surface area (Å²) in [6.45, 7) is 7.01. The van der Waals surface area contributed by atoms with Gasteiger partial charge in [-0.25, -0.2) is 0 Å². The van der Waals surface area contributed by atoms with Crippen LogP contribution in [0.3, 0.4) is 0 Å². The van der Waals surface area contributed by atoms with Crippen molar-refractivity contribution in [2.75, 3.05) is 14.2 Å². The molecule has 0 aliphatic carbocycles. The molecule has 2 aromatic carbocycles. The van der Waals surface area contributed by atoms with Gasteiger partial charge in [-0.3, -0.25) is 9.59 Å². The molecule has 132 valence electrons. The molecule has 5 nitrogen and oxygen atoms in total. The van der Waals surface area contributed by atoms with Crippen LogP contribution in [-0.4, -0.2) is 26.0 Å². The number of esters is 1. The molecule has 0 aliphatic heterocycles. The van der Waals surface area contributed by atoms with Crippen LogP contribution in [0.2, 0.25) is 0 Å². The Hall–Kier alpha value is -2.82. The average molecular weight is 342 g/mol. The minimum absolute atomic E-state index is 0.176. The van der Waals surface area contributed by atoms with Gasteiger partial charge in [0, 0.05) is 18.1 Å². The lowest BCUT2D eigenvalue weighted by Crippen LogP contribution is -2.10. The molecule has 0 aliphatic rings. The van der Waals surface area contributed by atoms with Crippen molar-refractivity contribution in [3.8, 4) is 17.2 Å². The number of benzene rings is 2. The van der Waals surface area contributed by atoms with E-state index in [0.29, 0.717) is 28.4 Å². The standard InChI is InChI=1S/C20H22O5/c1-11-12(2)20(24-6)17(13(3)19(11)23-5)18(22)15-7-9-16(10-8-15)25-14(4)21/h7-10H,1-6H3. The van der Waals surface area contributed by atoms with Gasteiger partial charge >= 0.3 is 5.97 Å². The van der Waals surface area contributed by atoms with E-state index in [4.69, 9.17) is 14.2 Å². The van der Waals surface area contributed by atoms with Crippen molar-refractivity contribution in [1.82, 2.24) is 0 Å². The fourth-order valence-corrected chi connectivity index (χ4v) is 2.91. The second-order valence-corrected chi connectivity index (χ2v) is 5.76. The molecule has 25 heavy (non-hydrogen) atoms. The monoisotopic (exact) mass is 342 g/mol. The van der Waals surface area contributed by atoms with Crippen molar-refractivity contribution in [2.45, 2.75) is 27.7 Å². The number of hydrogen-bond acceptors (Lipinski definition) is 5. The highest BCUT2D eigenvalue weighted by Crippen LogP contribution is 2.38. The minimum atomic E-state index is -0.407. The lowest BCUT2D eigenvalue weighted by atomic mass is 9.92. The summed E-state index contributed by atoms with van der Waals surface area (Å²) in [6, 6.07) is 6.44. The maximum Gasteiger partial charge on any atom is 0.308 e. The maximum absolute atomic E-state index is 13.1. The second kappa shape index (κ2) is 7.38. The second-order valence-electron chi connectivity index (χ2n) is 5.76. The van der Waals surface area contributed by atoms with E-state index in [2.05, 4.69) is 0 Å². The summed E-state index contributed by atoms with van der Waals surface area (Å²) in [5.41, 5.74) is 3.49. The van der Waals surface area contributed by atoms with Crippen LogP contribution in [0.4, 0.5) is 0 Å². The summed E-state index contributed by atoms with van der Waals surface area (Å²) in [6.07, 6.45) is 0. The van der Waals surface area contributed by atoms with Gasteiger partial charge in [0.2, 0.25) is 0 Å². The zero-order valence-corrected chi connectivity index (χ0v) is 15.4. The van der Waals surface area contributed by atoms with E-state index >= 15 is 0 Å². The highest BCUT2D eigenvalue weighted by atomic mass is 16.5. The number of ether oxygens (including phenoxy) is 3. The molecule has 0 saturated heterocycles. The summed E-state index contributed by atoms with van der Waals surface area (Å²) in [5.74, 6) is 1.04. The molecule has 0 fully saturated rings. The summed E-state index contributed by atoms with van der Waals surface area (Å²) in [4.78, 5) is 24.1. The number of carbonyl (C=O) groups is 2. The van der Waals surface area contributed by atoms with Gasteiger partial charge in [-0.05, 0) is 56.2 Å². The molecule has 5 heteroatoms. The van der Waals surface area contributed by atoms with Crippen molar-refractivity contribution >= 4 is 11.8 Å². The number of carbonyl (C=O) groups excluding carboxylic acids is 2. The Balaban J connectivity index is 2.55. The predicted molar refractivity (Wildman–Crippen MR) is 94.9 cm³/mol. The Labute approximate surface area is 147 Å². The zero-order chi connectivity index (χ0) is 18.7. The molecule has 2 rings (SSSR count). The van der Waals surface area contributed by atoms with Crippen molar-refractivity contribution < 1.29 is 23.8 Å². The van der Waals surface area contributed by atoms with Gasteiger partial charge in [0.25, 0.3) is 0 Å². The van der Waals surface area contributed by atoms with E-state index < -0.39 is 5.97 Å². The van der Waals surface area contributed by atoms with E-state index in [1.807, 2.05) is 20.8 Å².